The molecule has 0 radical (unpaired) electrons. The van der Waals surface area contributed by atoms with Crippen LogP contribution in [0.2, 0.25) is 0 Å². The highest BCUT2D eigenvalue weighted by atomic mass is 19.1. The molecule has 0 unspecified atom stereocenters. The predicted octanol–water partition coefficient (Wildman–Crippen LogP) is 2.88. The molecule has 0 aliphatic heterocycles. The first kappa shape index (κ1) is 13.1. The molecule has 0 fully saturated rings. The zero-order chi connectivity index (χ0) is 14.8. The van der Waals surface area contributed by atoms with E-state index in [-0.39, 0.29) is 29.6 Å². The molecule has 0 spiro atoms. The first-order valence-corrected chi connectivity index (χ1v) is 6.22. The van der Waals surface area contributed by atoms with Gasteiger partial charge in [-0.25, -0.2) is 4.39 Å². The Morgan fingerprint density at radius 1 is 1.10 bits per heavy atom. The predicted molar refractivity (Wildman–Crippen MR) is 72.3 cm³/mol. The van der Waals surface area contributed by atoms with Gasteiger partial charge in [0.25, 0.3) is 5.89 Å². The minimum absolute atomic E-state index is 0.0673. The summed E-state index contributed by atoms with van der Waals surface area (Å²) in [6.07, 6.45) is 0.190. The van der Waals surface area contributed by atoms with Crippen molar-refractivity contribution in [3.63, 3.8) is 0 Å². The van der Waals surface area contributed by atoms with Crippen molar-refractivity contribution in [3.8, 4) is 23.0 Å². The molecule has 0 bridgehead atoms. The molecule has 3 aromatic rings. The Kier molecular flexibility index (Phi) is 3.27. The van der Waals surface area contributed by atoms with E-state index in [0.29, 0.717) is 17.0 Å². The van der Waals surface area contributed by atoms with Crippen molar-refractivity contribution in [1.82, 2.24) is 10.1 Å². The Balaban J connectivity index is 1.88. The lowest BCUT2D eigenvalue weighted by Gasteiger charge is -1.99. The monoisotopic (exact) mass is 286 g/mol. The van der Waals surface area contributed by atoms with Crippen LogP contribution >= 0.6 is 0 Å². The topological polar surface area (TPSA) is 79.4 Å². The van der Waals surface area contributed by atoms with Crippen molar-refractivity contribution >= 4 is 0 Å². The molecular weight excluding hydrogens is 275 g/mol. The molecule has 5 nitrogen and oxygen atoms in total. The second-order valence-electron chi connectivity index (χ2n) is 4.49. The minimum Gasteiger partial charge on any atom is -0.508 e. The van der Waals surface area contributed by atoms with E-state index in [2.05, 4.69) is 10.1 Å². The van der Waals surface area contributed by atoms with Crippen LogP contribution in [-0.2, 0) is 6.42 Å². The van der Waals surface area contributed by atoms with Crippen LogP contribution in [-0.4, -0.2) is 20.4 Å². The van der Waals surface area contributed by atoms with E-state index in [1.807, 2.05) is 0 Å². The van der Waals surface area contributed by atoms with E-state index in [4.69, 9.17) is 4.52 Å². The summed E-state index contributed by atoms with van der Waals surface area (Å²) in [5.74, 6) is -0.156. The lowest BCUT2D eigenvalue weighted by Crippen LogP contribution is -1.94. The molecular formula is C15H11FN2O3. The lowest BCUT2D eigenvalue weighted by molar-refractivity contribution is 0.416. The molecule has 6 heteroatoms. The summed E-state index contributed by atoms with van der Waals surface area (Å²) in [5, 5.41) is 22.8. The van der Waals surface area contributed by atoms with Crippen LogP contribution in [0, 0.1) is 5.82 Å². The first-order chi connectivity index (χ1) is 10.1. The zero-order valence-electron chi connectivity index (χ0n) is 10.8. The molecule has 1 aromatic heterocycles. The third-order valence-corrected chi connectivity index (χ3v) is 2.99. The molecule has 0 aliphatic rings. The number of rotatable bonds is 3. The van der Waals surface area contributed by atoms with Gasteiger partial charge in [0.05, 0.1) is 5.56 Å². The molecule has 0 aliphatic carbocycles. The number of aromatic nitrogens is 2. The number of hydrogen-bond donors (Lipinski definition) is 2. The SMILES string of the molecule is Oc1ccc(-c2nc(Cc3ccccc3F)no2)c(O)c1. The average Bonchev–Trinajstić information content (AvgIpc) is 2.90. The van der Waals surface area contributed by atoms with Crippen molar-refractivity contribution in [1.29, 1.82) is 0 Å². The number of benzene rings is 2. The van der Waals surface area contributed by atoms with E-state index in [0.717, 1.165) is 0 Å². The second kappa shape index (κ2) is 5.24. The van der Waals surface area contributed by atoms with Gasteiger partial charge in [-0.05, 0) is 23.8 Å². The first-order valence-electron chi connectivity index (χ1n) is 6.22. The van der Waals surface area contributed by atoms with Crippen LogP contribution in [0.25, 0.3) is 11.5 Å². The van der Waals surface area contributed by atoms with Crippen molar-refractivity contribution < 1.29 is 19.1 Å². The van der Waals surface area contributed by atoms with Gasteiger partial charge in [-0.3, -0.25) is 0 Å². The maximum atomic E-state index is 13.6. The zero-order valence-corrected chi connectivity index (χ0v) is 10.8. The molecule has 0 saturated heterocycles. The number of hydrogen-bond acceptors (Lipinski definition) is 5. The molecule has 106 valence electrons. The maximum absolute atomic E-state index is 13.6. The molecule has 0 amide bonds. The third kappa shape index (κ3) is 2.69. The lowest BCUT2D eigenvalue weighted by atomic mass is 10.1. The smallest absolute Gasteiger partial charge is 0.261 e. The van der Waals surface area contributed by atoms with Gasteiger partial charge in [-0.2, -0.15) is 4.98 Å². The van der Waals surface area contributed by atoms with Crippen LogP contribution < -0.4 is 0 Å². The molecule has 0 atom stereocenters. The van der Waals surface area contributed by atoms with E-state index < -0.39 is 0 Å². The van der Waals surface area contributed by atoms with Crippen molar-refractivity contribution in [2.45, 2.75) is 6.42 Å². The van der Waals surface area contributed by atoms with Crippen molar-refractivity contribution in [2.24, 2.45) is 0 Å². The summed E-state index contributed by atoms with van der Waals surface area (Å²) in [4.78, 5) is 4.12. The molecule has 2 aromatic carbocycles. The number of aromatic hydroxyl groups is 2. The molecule has 3 rings (SSSR count). The molecule has 1 heterocycles. The Morgan fingerprint density at radius 2 is 1.90 bits per heavy atom. The summed E-state index contributed by atoms with van der Waals surface area (Å²) in [6.45, 7) is 0. The molecule has 2 N–H and O–H groups in total. The highest BCUT2D eigenvalue weighted by Gasteiger charge is 2.14. The number of nitrogens with zero attached hydrogens (tertiary/aromatic N) is 2. The van der Waals surface area contributed by atoms with E-state index >= 15 is 0 Å². The Labute approximate surface area is 119 Å². The summed E-state index contributed by atoms with van der Waals surface area (Å²) >= 11 is 0. The highest BCUT2D eigenvalue weighted by Crippen LogP contribution is 2.31. The Bertz CT molecular complexity index is 786. The van der Waals surface area contributed by atoms with Gasteiger partial charge in [-0.1, -0.05) is 23.4 Å². The minimum atomic E-state index is -0.337. The highest BCUT2D eigenvalue weighted by molar-refractivity contribution is 5.63. The van der Waals surface area contributed by atoms with Crippen LogP contribution in [0.15, 0.2) is 47.0 Å². The van der Waals surface area contributed by atoms with E-state index in [9.17, 15) is 14.6 Å². The molecule has 21 heavy (non-hydrogen) atoms. The van der Waals surface area contributed by atoms with Gasteiger partial charge < -0.3 is 14.7 Å². The Hall–Kier alpha value is -2.89. The van der Waals surface area contributed by atoms with Gasteiger partial charge in [-0.15, -0.1) is 0 Å². The largest absolute Gasteiger partial charge is 0.508 e. The van der Waals surface area contributed by atoms with Crippen molar-refractivity contribution in [2.75, 3.05) is 0 Å². The van der Waals surface area contributed by atoms with Crippen LogP contribution in [0.4, 0.5) is 4.39 Å². The van der Waals surface area contributed by atoms with Gasteiger partial charge in [0, 0.05) is 12.5 Å². The van der Waals surface area contributed by atoms with Crippen molar-refractivity contribution in [3.05, 3.63) is 59.7 Å². The van der Waals surface area contributed by atoms with Gasteiger partial charge in [0.1, 0.15) is 17.3 Å². The number of phenolic OH excluding ortho intramolecular Hbond substituents is 2. The van der Waals surface area contributed by atoms with Crippen LogP contribution in [0.5, 0.6) is 11.5 Å². The fourth-order valence-corrected chi connectivity index (χ4v) is 1.95. The normalized spacial score (nSPS) is 10.7. The summed E-state index contributed by atoms with van der Waals surface area (Å²) in [5.41, 5.74) is 0.764. The standard InChI is InChI=1S/C15H11FN2O3/c16-12-4-2-1-3-9(12)7-14-17-15(21-18-14)11-6-5-10(19)8-13(11)20/h1-6,8,19-20H,7H2. The number of phenols is 2. The summed E-state index contributed by atoms with van der Waals surface area (Å²) < 4.78 is 18.6. The fraction of sp³-hybridized carbons (Fsp3) is 0.0667. The quantitative estimate of drug-likeness (QED) is 0.774. The average molecular weight is 286 g/mol. The fourth-order valence-electron chi connectivity index (χ4n) is 1.95. The van der Waals surface area contributed by atoms with E-state index in [1.54, 1.807) is 18.2 Å². The summed E-state index contributed by atoms with van der Waals surface area (Å²) in [6, 6.07) is 10.4. The summed E-state index contributed by atoms with van der Waals surface area (Å²) in [7, 11) is 0. The van der Waals surface area contributed by atoms with E-state index in [1.165, 1.54) is 24.3 Å². The molecule has 0 saturated carbocycles. The Morgan fingerprint density at radius 3 is 2.67 bits per heavy atom. The van der Waals surface area contributed by atoms with Gasteiger partial charge in [0.2, 0.25) is 0 Å². The maximum Gasteiger partial charge on any atom is 0.261 e. The van der Waals surface area contributed by atoms with Gasteiger partial charge in [0.15, 0.2) is 5.82 Å². The van der Waals surface area contributed by atoms with Crippen LogP contribution in [0.3, 0.4) is 0 Å². The third-order valence-electron chi connectivity index (χ3n) is 2.99. The van der Waals surface area contributed by atoms with Gasteiger partial charge >= 0.3 is 0 Å². The van der Waals surface area contributed by atoms with Crippen LogP contribution in [0.1, 0.15) is 11.4 Å². The second-order valence-corrected chi connectivity index (χ2v) is 4.49. The number of halogens is 1.